The number of rotatable bonds is 5. The molecule has 1 aliphatic heterocycles. The van der Waals surface area contributed by atoms with Gasteiger partial charge < -0.3 is 14.6 Å². The molecule has 1 atom stereocenters. The average molecular weight is 436 g/mol. The Hall–Kier alpha value is -3.23. The first-order valence-electron chi connectivity index (χ1n) is 10.1. The van der Waals surface area contributed by atoms with E-state index in [1.165, 1.54) is 0 Å². The zero-order chi connectivity index (χ0) is 21.4. The van der Waals surface area contributed by atoms with E-state index in [-0.39, 0.29) is 29.0 Å². The van der Waals surface area contributed by atoms with Gasteiger partial charge in [-0.05, 0) is 40.2 Å². The highest BCUT2D eigenvalue weighted by atomic mass is 32.1. The predicted molar refractivity (Wildman–Crippen MR) is 116 cm³/mol. The van der Waals surface area contributed by atoms with Crippen molar-refractivity contribution in [3.8, 4) is 11.1 Å². The zero-order valence-corrected chi connectivity index (χ0v) is 17.4. The van der Waals surface area contributed by atoms with Gasteiger partial charge in [0, 0.05) is 18.4 Å². The summed E-state index contributed by atoms with van der Waals surface area (Å²) in [5.74, 6) is -1.25. The summed E-state index contributed by atoms with van der Waals surface area (Å²) < 4.78 is 15.2. The maximum absolute atomic E-state index is 12.5. The summed E-state index contributed by atoms with van der Waals surface area (Å²) in [5.41, 5.74) is 5.00. The van der Waals surface area contributed by atoms with Gasteiger partial charge in [-0.15, -0.1) is 0 Å². The van der Waals surface area contributed by atoms with Crippen LogP contribution in [0.2, 0.25) is 0 Å². The summed E-state index contributed by atoms with van der Waals surface area (Å²) in [4.78, 5) is 24.3. The largest absolute Gasteiger partial charge is 0.478 e. The Bertz CT molecular complexity index is 1110. The highest BCUT2D eigenvalue weighted by Crippen LogP contribution is 2.44. The van der Waals surface area contributed by atoms with Gasteiger partial charge in [-0.2, -0.15) is 4.37 Å². The highest BCUT2D eigenvalue weighted by Gasteiger charge is 2.31. The number of carbonyl (C=O) groups excluding carboxylic acids is 1. The van der Waals surface area contributed by atoms with Gasteiger partial charge in [0.05, 0.1) is 12.3 Å². The molecule has 1 unspecified atom stereocenters. The third-order valence-electron chi connectivity index (χ3n) is 5.81. The van der Waals surface area contributed by atoms with Crippen molar-refractivity contribution in [3.05, 3.63) is 70.9 Å². The molecule has 2 aliphatic rings. The number of hydrogen-bond acceptors (Lipinski definition) is 6. The molecular weight excluding hydrogens is 416 g/mol. The van der Waals surface area contributed by atoms with Crippen molar-refractivity contribution in [2.75, 3.05) is 25.1 Å². The van der Waals surface area contributed by atoms with E-state index in [4.69, 9.17) is 9.47 Å². The molecule has 5 rings (SSSR count). The zero-order valence-electron chi connectivity index (χ0n) is 16.5. The first-order valence-corrected chi connectivity index (χ1v) is 10.8. The smallest absolute Gasteiger partial charge is 0.412 e. The van der Waals surface area contributed by atoms with Crippen LogP contribution in [0.4, 0.5) is 9.80 Å². The first-order chi connectivity index (χ1) is 15.1. The number of nitrogens with one attached hydrogen (secondary N) is 1. The SMILES string of the molecule is O=C(Nc1snc(C2CCOC2)c1C(=O)O)OCC1c2ccccc2-c2ccccc21. The monoisotopic (exact) mass is 436 g/mol. The number of aromatic nitrogens is 1. The molecule has 0 radical (unpaired) electrons. The van der Waals surface area contributed by atoms with Gasteiger partial charge in [0.2, 0.25) is 0 Å². The van der Waals surface area contributed by atoms with Crippen molar-refractivity contribution in [2.45, 2.75) is 18.3 Å². The van der Waals surface area contributed by atoms with E-state index in [2.05, 4.69) is 21.8 Å². The summed E-state index contributed by atoms with van der Waals surface area (Å²) in [6.45, 7) is 1.18. The number of anilines is 1. The van der Waals surface area contributed by atoms with Crippen LogP contribution in [-0.4, -0.2) is 41.4 Å². The molecule has 8 heteroatoms. The van der Waals surface area contributed by atoms with Gasteiger partial charge in [0.1, 0.15) is 17.2 Å². The lowest BCUT2D eigenvalue weighted by Crippen LogP contribution is -2.19. The van der Waals surface area contributed by atoms with Crippen LogP contribution in [0.5, 0.6) is 0 Å². The molecule has 158 valence electrons. The molecule has 2 heterocycles. The number of benzene rings is 2. The van der Waals surface area contributed by atoms with E-state index in [9.17, 15) is 14.7 Å². The number of carbonyl (C=O) groups is 2. The third kappa shape index (κ3) is 3.58. The van der Waals surface area contributed by atoms with Crippen LogP contribution >= 0.6 is 11.5 Å². The second kappa shape index (κ2) is 8.13. The standard InChI is InChI=1S/C23H20N2O5S/c26-22(27)19-20(13-9-10-29-11-13)25-31-21(19)24-23(28)30-12-18-16-7-3-1-5-14(16)15-6-2-4-8-17(15)18/h1-8,13,18H,9-12H2,(H,24,28)(H,26,27). The van der Waals surface area contributed by atoms with Gasteiger partial charge in [-0.25, -0.2) is 9.59 Å². The summed E-state index contributed by atoms with van der Waals surface area (Å²) in [6, 6.07) is 16.2. The van der Waals surface area contributed by atoms with E-state index in [1.54, 1.807) is 0 Å². The fraction of sp³-hybridized carbons (Fsp3) is 0.261. The summed E-state index contributed by atoms with van der Waals surface area (Å²) >= 11 is 0.957. The number of carboxylic acid groups (broad SMARTS) is 1. The first kappa shape index (κ1) is 19.7. The Morgan fingerprint density at radius 1 is 1.13 bits per heavy atom. The van der Waals surface area contributed by atoms with E-state index >= 15 is 0 Å². The molecule has 0 spiro atoms. The normalized spacial score (nSPS) is 17.2. The van der Waals surface area contributed by atoms with Gasteiger partial charge in [0.15, 0.2) is 0 Å². The maximum atomic E-state index is 12.5. The number of amides is 1. The van der Waals surface area contributed by atoms with Crippen molar-refractivity contribution >= 4 is 28.6 Å². The number of ether oxygens (including phenoxy) is 2. The minimum absolute atomic E-state index is 0.0222. The molecule has 3 aromatic rings. The fourth-order valence-corrected chi connectivity index (χ4v) is 5.19. The molecule has 1 amide bonds. The van der Waals surface area contributed by atoms with Crippen LogP contribution in [-0.2, 0) is 9.47 Å². The Labute approximate surface area is 182 Å². The lowest BCUT2D eigenvalue weighted by Gasteiger charge is -2.14. The van der Waals surface area contributed by atoms with Crippen molar-refractivity contribution in [1.82, 2.24) is 4.37 Å². The Morgan fingerprint density at radius 2 is 1.81 bits per heavy atom. The van der Waals surface area contributed by atoms with Gasteiger partial charge in [-0.3, -0.25) is 5.32 Å². The summed E-state index contributed by atoms with van der Waals surface area (Å²) in [6.07, 6.45) is 0.0243. The molecule has 0 bridgehead atoms. The minimum atomic E-state index is -1.12. The van der Waals surface area contributed by atoms with Gasteiger partial charge >= 0.3 is 12.1 Å². The summed E-state index contributed by atoms with van der Waals surface area (Å²) in [5, 5.41) is 12.4. The molecule has 0 saturated carbocycles. The van der Waals surface area contributed by atoms with Crippen LogP contribution in [0.25, 0.3) is 11.1 Å². The third-order valence-corrected chi connectivity index (χ3v) is 6.58. The number of carboxylic acids is 1. The van der Waals surface area contributed by atoms with E-state index in [0.29, 0.717) is 25.3 Å². The molecule has 1 fully saturated rings. The van der Waals surface area contributed by atoms with Crippen LogP contribution in [0.15, 0.2) is 48.5 Å². The Kier molecular flexibility index (Phi) is 5.17. The van der Waals surface area contributed by atoms with Crippen LogP contribution in [0, 0.1) is 0 Å². The second-order valence-corrected chi connectivity index (χ2v) is 8.36. The maximum Gasteiger partial charge on any atom is 0.412 e. The Morgan fingerprint density at radius 3 is 2.42 bits per heavy atom. The Balaban J connectivity index is 1.32. The average Bonchev–Trinajstić information content (AvgIpc) is 3.50. The number of fused-ring (bicyclic) bond motifs is 3. The van der Waals surface area contributed by atoms with Crippen LogP contribution in [0.1, 0.15) is 45.4 Å². The van der Waals surface area contributed by atoms with Crippen molar-refractivity contribution in [3.63, 3.8) is 0 Å². The minimum Gasteiger partial charge on any atom is -0.478 e. The molecule has 1 saturated heterocycles. The van der Waals surface area contributed by atoms with Crippen molar-refractivity contribution in [1.29, 1.82) is 0 Å². The lowest BCUT2D eigenvalue weighted by atomic mass is 9.98. The second-order valence-electron chi connectivity index (χ2n) is 7.59. The van der Waals surface area contributed by atoms with E-state index in [0.717, 1.165) is 33.8 Å². The van der Waals surface area contributed by atoms with Gasteiger partial charge in [-0.1, -0.05) is 48.5 Å². The number of nitrogens with zero attached hydrogens (tertiary/aromatic N) is 1. The lowest BCUT2D eigenvalue weighted by molar-refractivity contribution is 0.0696. The number of hydrogen-bond donors (Lipinski definition) is 2. The molecule has 7 nitrogen and oxygen atoms in total. The number of aromatic carboxylic acids is 1. The van der Waals surface area contributed by atoms with Crippen molar-refractivity contribution in [2.24, 2.45) is 0 Å². The topological polar surface area (TPSA) is 97.8 Å². The quantitative estimate of drug-likeness (QED) is 0.601. The van der Waals surface area contributed by atoms with E-state index < -0.39 is 12.1 Å². The molecule has 1 aliphatic carbocycles. The molecule has 31 heavy (non-hydrogen) atoms. The molecular formula is C23H20N2O5S. The van der Waals surface area contributed by atoms with Gasteiger partial charge in [0.25, 0.3) is 0 Å². The van der Waals surface area contributed by atoms with Crippen LogP contribution in [0.3, 0.4) is 0 Å². The highest BCUT2D eigenvalue weighted by molar-refractivity contribution is 7.11. The predicted octanol–water partition coefficient (Wildman–Crippen LogP) is 4.71. The van der Waals surface area contributed by atoms with Crippen LogP contribution < -0.4 is 5.32 Å². The molecule has 2 N–H and O–H groups in total. The van der Waals surface area contributed by atoms with E-state index in [1.807, 2.05) is 36.4 Å². The fourth-order valence-electron chi connectivity index (χ4n) is 4.35. The molecule has 2 aromatic carbocycles. The van der Waals surface area contributed by atoms with Crippen molar-refractivity contribution < 1.29 is 24.2 Å². The summed E-state index contributed by atoms with van der Waals surface area (Å²) in [7, 11) is 0. The molecule has 1 aromatic heterocycles.